The predicted octanol–water partition coefficient (Wildman–Crippen LogP) is 0.204. The summed E-state index contributed by atoms with van der Waals surface area (Å²) in [5, 5.41) is 39.4. The Hall–Kier alpha value is -2.76. The molecule has 32 heavy (non-hydrogen) atoms. The van der Waals surface area contributed by atoms with Crippen molar-refractivity contribution in [1.82, 2.24) is 0 Å². The van der Waals surface area contributed by atoms with E-state index < -0.39 is 37.3 Å². The number of ether oxygens (including phenoxy) is 6. The van der Waals surface area contributed by atoms with E-state index in [9.17, 15) is 20.4 Å². The summed E-state index contributed by atoms with van der Waals surface area (Å²) >= 11 is 0. The van der Waals surface area contributed by atoms with E-state index in [1.807, 2.05) is 18.2 Å². The number of hydrogen-bond donors (Lipinski definition) is 4. The van der Waals surface area contributed by atoms with Gasteiger partial charge in [0, 0.05) is 23.3 Å². The Balaban J connectivity index is 1.23. The van der Waals surface area contributed by atoms with Gasteiger partial charge in [-0.05, 0) is 18.2 Å². The van der Waals surface area contributed by atoms with Gasteiger partial charge in [-0.1, -0.05) is 0 Å². The summed E-state index contributed by atoms with van der Waals surface area (Å²) < 4.78 is 34.2. The summed E-state index contributed by atoms with van der Waals surface area (Å²) in [6, 6.07) is 8.94. The highest BCUT2D eigenvalue weighted by atomic mass is 16.7. The fraction of sp³-hybridized carbons (Fsp3) is 0.455. The Morgan fingerprint density at radius 2 is 1.66 bits per heavy atom. The molecule has 10 nitrogen and oxygen atoms in total. The maximum atomic E-state index is 10.2. The molecule has 2 aromatic rings. The van der Waals surface area contributed by atoms with Crippen LogP contribution in [0.2, 0.25) is 0 Å². The second-order valence-electron chi connectivity index (χ2n) is 8.21. The van der Waals surface area contributed by atoms with Gasteiger partial charge in [0.05, 0.1) is 19.1 Å². The van der Waals surface area contributed by atoms with Gasteiger partial charge in [0.2, 0.25) is 13.1 Å². The summed E-state index contributed by atoms with van der Waals surface area (Å²) in [7, 11) is 0. The van der Waals surface area contributed by atoms with Crippen LogP contribution in [0.4, 0.5) is 0 Å². The van der Waals surface area contributed by atoms with Crippen molar-refractivity contribution in [2.45, 2.75) is 42.7 Å². The van der Waals surface area contributed by atoms with Crippen LogP contribution in [-0.2, 0) is 4.74 Å². The maximum absolute atomic E-state index is 10.2. The first-order valence-corrected chi connectivity index (χ1v) is 10.4. The lowest BCUT2D eigenvalue weighted by atomic mass is 9.89. The van der Waals surface area contributed by atoms with Gasteiger partial charge in [0.1, 0.15) is 47.8 Å². The molecule has 4 aliphatic heterocycles. The van der Waals surface area contributed by atoms with Crippen molar-refractivity contribution >= 4 is 0 Å². The normalized spacial score (nSPS) is 34.1. The summed E-state index contributed by atoms with van der Waals surface area (Å²) in [5.41, 5.74) is 1.85. The largest absolute Gasteiger partial charge is 0.492 e. The third-order valence-electron chi connectivity index (χ3n) is 6.33. The Morgan fingerprint density at radius 1 is 0.844 bits per heavy atom. The summed E-state index contributed by atoms with van der Waals surface area (Å²) in [6.45, 7) is 0.0648. The summed E-state index contributed by atoms with van der Waals surface area (Å²) in [6.07, 6.45) is -7.01. The topological polar surface area (TPSA) is 136 Å². The molecule has 0 saturated carbocycles. The third kappa shape index (κ3) is 2.99. The number of aliphatic hydroxyl groups excluding tert-OH is 4. The lowest BCUT2D eigenvalue weighted by molar-refractivity contribution is -0.277. The molecule has 0 spiro atoms. The van der Waals surface area contributed by atoms with Gasteiger partial charge >= 0.3 is 0 Å². The second kappa shape index (κ2) is 7.39. The van der Waals surface area contributed by atoms with Crippen molar-refractivity contribution < 1.29 is 48.8 Å². The van der Waals surface area contributed by atoms with E-state index in [-0.39, 0.29) is 18.8 Å². The zero-order chi connectivity index (χ0) is 22.0. The molecule has 4 aliphatic rings. The zero-order valence-electron chi connectivity index (χ0n) is 16.8. The fourth-order valence-corrected chi connectivity index (χ4v) is 4.60. The van der Waals surface area contributed by atoms with Crippen LogP contribution in [0.25, 0.3) is 0 Å². The van der Waals surface area contributed by atoms with Crippen molar-refractivity contribution in [3.8, 4) is 28.7 Å². The van der Waals surface area contributed by atoms with Gasteiger partial charge in [-0.2, -0.15) is 0 Å². The van der Waals surface area contributed by atoms with Crippen LogP contribution in [0.15, 0.2) is 30.3 Å². The third-order valence-corrected chi connectivity index (χ3v) is 6.33. The zero-order valence-corrected chi connectivity index (χ0v) is 16.8. The summed E-state index contributed by atoms with van der Waals surface area (Å²) in [4.78, 5) is 0. The van der Waals surface area contributed by atoms with Crippen molar-refractivity contribution in [3.63, 3.8) is 0 Å². The predicted molar refractivity (Wildman–Crippen MR) is 105 cm³/mol. The fourth-order valence-electron chi connectivity index (χ4n) is 4.60. The smallest absolute Gasteiger partial charge is 0.231 e. The van der Waals surface area contributed by atoms with E-state index in [1.54, 1.807) is 12.1 Å². The SMILES string of the molecule is OCC1OC(Oc2ccc3c(c2)OC[C@@H]2c4cc5c(cc4O[C@H]32)OCO5)C(O)C(O)C1O. The molecule has 4 heterocycles. The first-order valence-electron chi connectivity index (χ1n) is 10.4. The van der Waals surface area contributed by atoms with Crippen LogP contribution < -0.4 is 23.7 Å². The van der Waals surface area contributed by atoms with E-state index in [0.717, 1.165) is 16.9 Å². The minimum absolute atomic E-state index is 0.00390. The standard InChI is InChI=1S/C22H22O10/c23-6-17-18(24)19(25)20(26)22(32-17)30-9-1-2-10-13(3-9)27-7-12-11-4-15-16(29-8-28-15)5-14(11)31-21(10)12/h1-5,12,17-26H,6-8H2/t12-,17?,18?,19?,20?,21-,22?/m1/s1. The van der Waals surface area contributed by atoms with Crippen LogP contribution in [0.3, 0.4) is 0 Å². The van der Waals surface area contributed by atoms with Crippen molar-refractivity contribution in [1.29, 1.82) is 0 Å². The first-order chi connectivity index (χ1) is 15.5. The van der Waals surface area contributed by atoms with E-state index in [4.69, 9.17) is 28.4 Å². The van der Waals surface area contributed by atoms with Crippen molar-refractivity contribution in [2.75, 3.05) is 20.0 Å². The monoisotopic (exact) mass is 446 g/mol. The summed E-state index contributed by atoms with van der Waals surface area (Å²) in [5.74, 6) is 3.00. The molecule has 0 amide bonds. The lowest BCUT2D eigenvalue weighted by Gasteiger charge is -2.39. The molecule has 0 aliphatic carbocycles. The van der Waals surface area contributed by atoms with Crippen LogP contribution in [0.5, 0.6) is 28.7 Å². The molecule has 5 unspecified atom stereocenters. The average molecular weight is 446 g/mol. The van der Waals surface area contributed by atoms with Gasteiger partial charge in [0.15, 0.2) is 11.5 Å². The molecule has 4 N–H and O–H groups in total. The molecule has 2 aromatic carbocycles. The second-order valence-corrected chi connectivity index (χ2v) is 8.21. The van der Waals surface area contributed by atoms with E-state index in [0.29, 0.717) is 29.6 Å². The molecular weight excluding hydrogens is 424 g/mol. The van der Waals surface area contributed by atoms with Gasteiger partial charge in [0.25, 0.3) is 0 Å². The molecule has 0 bridgehead atoms. The molecule has 0 aromatic heterocycles. The number of benzene rings is 2. The number of aliphatic hydroxyl groups is 4. The number of hydrogen-bond acceptors (Lipinski definition) is 10. The van der Waals surface area contributed by atoms with E-state index >= 15 is 0 Å². The van der Waals surface area contributed by atoms with Crippen LogP contribution in [0, 0.1) is 0 Å². The van der Waals surface area contributed by atoms with Crippen LogP contribution in [0.1, 0.15) is 23.1 Å². The quantitative estimate of drug-likeness (QED) is 0.518. The van der Waals surface area contributed by atoms with E-state index in [1.165, 1.54) is 0 Å². The van der Waals surface area contributed by atoms with Crippen LogP contribution >= 0.6 is 0 Å². The molecule has 6 rings (SSSR count). The molecule has 7 atom stereocenters. The van der Waals surface area contributed by atoms with Gasteiger partial charge in [-0.3, -0.25) is 0 Å². The highest BCUT2D eigenvalue weighted by Gasteiger charge is 2.45. The van der Waals surface area contributed by atoms with Crippen LogP contribution in [-0.4, -0.2) is 71.1 Å². The average Bonchev–Trinajstić information content (AvgIpc) is 3.41. The Bertz CT molecular complexity index is 1040. The first kappa shape index (κ1) is 19.9. The Morgan fingerprint density at radius 3 is 2.47 bits per heavy atom. The molecule has 1 fully saturated rings. The molecule has 170 valence electrons. The molecule has 0 radical (unpaired) electrons. The van der Waals surface area contributed by atoms with Gasteiger partial charge in [-0.25, -0.2) is 0 Å². The maximum Gasteiger partial charge on any atom is 0.231 e. The lowest BCUT2D eigenvalue weighted by Crippen LogP contribution is -2.60. The Kier molecular flexibility index (Phi) is 4.60. The number of fused-ring (bicyclic) bond motifs is 6. The van der Waals surface area contributed by atoms with Crippen molar-refractivity contribution in [3.05, 3.63) is 41.5 Å². The molecule has 10 heteroatoms. The minimum Gasteiger partial charge on any atom is -0.492 e. The Labute approximate surface area is 182 Å². The molecular formula is C22H22O10. The minimum atomic E-state index is -1.51. The molecule has 1 saturated heterocycles. The van der Waals surface area contributed by atoms with Crippen molar-refractivity contribution in [2.24, 2.45) is 0 Å². The number of rotatable bonds is 3. The van der Waals surface area contributed by atoms with Gasteiger partial charge in [-0.15, -0.1) is 0 Å². The highest BCUT2D eigenvalue weighted by molar-refractivity contribution is 5.57. The van der Waals surface area contributed by atoms with Gasteiger partial charge < -0.3 is 48.8 Å². The highest BCUT2D eigenvalue weighted by Crippen LogP contribution is 2.54. The van der Waals surface area contributed by atoms with E-state index in [2.05, 4.69) is 0 Å².